The fourth-order valence-corrected chi connectivity index (χ4v) is 2.46. The molecule has 0 spiro atoms. The van der Waals surface area contributed by atoms with Gasteiger partial charge in [-0.2, -0.15) is 0 Å². The van der Waals surface area contributed by atoms with Gasteiger partial charge in [0.25, 0.3) is 0 Å². The van der Waals surface area contributed by atoms with E-state index in [1.165, 1.54) is 24.0 Å². The number of ketones is 1. The van der Waals surface area contributed by atoms with Crippen molar-refractivity contribution in [2.24, 2.45) is 0 Å². The van der Waals surface area contributed by atoms with Crippen LogP contribution in [0.15, 0.2) is 34.9 Å². The Bertz CT molecular complexity index is 382. The standard InChI is InChI=1S/C18H28O/c1-4-5-10-15(2)11-8-6-7-9-12-17-16(3)13-14-18(17)19/h6-7,10H,4-5,8-9,11-14H2,1-3H3/b7-6+,15-10+. The Balaban J connectivity index is 2.18. The number of Topliss-reactive ketones (excluding diaryl/α,β-unsaturated/α-hetero) is 1. The molecule has 0 N–H and O–H groups in total. The average Bonchev–Trinajstić information content (AvgIpc) is 2.71. The Morgan fingerprint density at radius 2 is 1.89 bits per heavy atom. The van der Waals surface area contributed by atoms with E-state index in [4.69, 9.17) is 0 Å². The predicted octanol–water partition coefficient (Wildman–Crippen LogP) is 5.53. The number of rotatable bonds is 8. The molecule has 1 heteroatoms. The second-order valence-electron chi connectivity index (χ2n) is 5.57. The lowest BCUT2D eigenvalue weighted by molar-refractivity contribution is -0.115. The molecule has 19 heavy (non-hydrogen) atoms. The van der Waals surface area contributed by atoms with E-state index in [9.17, 15) is 4.79 Å². The average molecular weight is 260 g/mol. The third-order valence-electron chi connectivity index (χ3n) is 3.79. The number of allylic oxidation sites excluding steroid dienone is 6. The molecule has 0 amide bonds. The van der Waals surface area contributed by atoms with E-state index in [1.54, 1.807) is 0 Å². The van der Waals surface area contributed by atoms with Gasteiger partial charge >= 0.3 is 0 Å². The van der Waals surface area contributed by atoms with E-state index in [-0.39, 0.29) is 0 Å². The van der Waals surface area contributed by atoms with Crippen molar-refractivity contribution in [3.05, 3.63) is 34.9 Å². The van der Waals surface area contributed by atoms with Gasteiger partial charge in [-0.25, -0.2) is 0 Å². The maximum Gasteiger partial charge on any atom is 0.159 e. The second-order valence-corrected chi connectivity index (χ2v) is 5.57. The fourth-order valence-electron chi connectivity index (χ4n) is 2.46. The highest BCUT2D eigenvalue weighted by atomic mass is 16.1. The smallest absolute Gasteiger partial charge is 0.159 e. The summed E-state index contributed by atoms with van der Waals surface area (Å²) in [5, 5.41) is 0. The van der Waals surface area contributed by atoms with Crippen molar-refractivity contribution in [3.63, 3.8) is 0 Å². The highest BCUT2D eigenvalue weighted by Gasteiger charge is 2.18. The van der Waals surface area contributed by atoms with Gasteiger partial charge in [-0.1, -0.05) is 42.7 Å². The van der Waals surface area contributed by atoms with Gasteiger partial charge in [-0.3, -0.25) is 4.79 Å². The van der Waals surface area contributed by atoms with Crippen molar-refractivity contribution in [1.82, 2.24) is 0 Å². The van der Waals surface area contributed by atoms with Crippen LogP contribution in [0.25, 0.3) is 0 Å². The van der Waals surface area contributed by atoms with E-state index in [2.05, 4.69) is 39.0 Å². The van der Waals surface area contributed by atoms with Crippen LogP contribution in [-0.2, 0) is 4.79 Å². The van der Waals surface area contributed by atoms with Crippen molar-refractivity contribution < 1.29 is 4.79 Å². The molecule has 0 unspecified atom stereocenters. The normalized spacial score (nSPS) is 17.0. The van der Waals surface area contributed by atoms with Gasteiger partial charge in [-0.05, 0) is 57.9 Å². The maximum atomic E-state index is 11.6. The molecule has 1 rings (SSSR count). The molecule has 0 heterocycles. The molecule has 1 nitrogen and oxygen atoms in total. The highest BCUT2D eigenvalue weighted by molar-refractivity contribution is 5.98. The summed E-state index contributed by atoms with van der Waals surface area (Å²) in [5.41, 5.74) is 3.91. The first-order chi connectivity index (χ1) is 9.15. The molecule has 0 saturated carbocycles. The number of hydrogen-bond donors (Lipinski definition) is 0. The lowest BCUT2D eigenvalue weighted by atomic mass is 10.1. The third-order valence-corrected chi connectivity index (χ3v) is 3.79. The molecule has 0 aromatic heterocycles. The first kappa shape index (κ1) is 15.9. The summed E-state index contributed by atoms with van der Waals surface area (Å²) >= 11 is 0. The molecule has 0 bridgehead atoms. The van der Waals surface area contributed by atoms with Crippen LogP contribution in [0.2, 0.25) is 0 Å². The maximum absolute atomic E-state index is 11.6. The first-order valence-electron chi connectivity index (χ1n) is 7.67. The van der Waals surface area contributed by atoms with Crippen LogP contribution in [0.4, 0.5) is 0 Å². The Morgan fingerprint density at radius 1 is 1.16 bits per heavy atom. The summed E-state index contributed by atoms with van der Waals surface area (Å²) < 4.78 is 0. The highest BCUT2D eigenvalue weighted by Crippen LogP contribution is 2.25. The van der Waals surface area contributed by atoms with Crippen molar-refractivity contribution >= 4 is 5.78 Å². The van der Waals surface area contributed by atoms with E-state index in [1.807, 2.05) is 0 Å². The topological polar surface area (TPSA) is 17.1 Å². The Labute approximate surface area is 118 Å². The molecule has 0 fully saturated rings. The number of unbranched alkanes of at least 4 members (excludes halogenated alkanes) is 1. The van der Waals surface area contributed by atoms with Gasteiger partial charge in [0.2, 0.25) is 0 Å². The molecule has 0 saturated heterocycles. The number of hydrogen-bond acceptors (Lipinski definition) is 1. The lowest BCUT2D eigenvalue weighted by Crippen LogP contribution is -1.95. The monoisotopic (exact) mass is 260 g/mol. The summed E-state index contributed by atoms with van der Waals surface area (Å²) in [6, 6.07) is 0. The molecule has 1 aliphatic carbocycles. The van der Waals surface area contributed by atoms with Gasteiger partial charge in [0, 0.05) is 6.42 Å². The summed E-state index contributed by atoms with van der Waals surface area (Å²) in [5.74, 6) is 0.379. The largest absolute Gasteiger partial charge is 0.295 e. The van der Waals surface area contributed by atoms with Crippen LogP contribution >= 0.6 is 0 Å². The van der Waals surface area contributed by atoms with E-state index >= 15 is 0 Å². The summed E-state index contributed by atoms with van der Waals surface area (Å²) in [7, 11) is 0. The van der Waals surface area contributed by atoms with Crippen LogP contribution < -0.4 is 0 Å². The van der Waals surface area contributed by atoms with Crippen molar-refractivity contribution in [3.8, 4) is 0 Å². The Morgan fingerprint density at radius 3 is 2.53 bits per heavy atom. The van der Waals surface area contributed by atoms with Gasteiger partial charge in [0.15, 0.2) is 5.78 Å². The van der Waals surface area contributed by atoms with E-state index in [0.29, 0.717) is 5.78 Å². The lowest BCUT2D eigenvalue weighted by Gasteiger charge is -2.00. The summed E-state index contributed by atoms with van der Waals surface area (Å²) in [6.07, 6.45) is 15.2. The minimum Gasteiger partial charge on any atom is -0.295 e. The summed E-state index contributed by atoms with van der Waals surface area (Å²) in [4.78, 5) is 11.6. The molecule has 0 aromatic carbocycles. The van der Waals surface area contributed by atoms with Crippen molar-refractivity contribution in [2.75, 3.05) is 0 Å². The SMILES string of the molecule is CCC/C=C(\C)CC/C=C/CCC1=C(C)CCC1=O. The molecule has 0 atom stereocenters. The van der Waals surface area contributed by atoms with Crippen molar-refractivity contribution in [2.45, 2.75) is 72.1 Å². The zero-order valence-electron chi connectivity index (χ0n) is 12.8. The molecule has 106 valence electrons. The Hall–Kier alpha value is -1.11. The fraction of sp³-hybridized carbons (Fsp3) is 0.611. The molecular weight excluding hydrogens is 232 g/mol. The second kappa shape index (κ2) is 8.90. The van der Waals surface area contributed by atoms with E-state index < -0.39 is 0 Å². The quantitative estimate of drug-likeness (QED) is 0.524. The van der Waals surface area contributed by atoms with Crippen LogP contribution in [-0.4, -0.2) is 5.78 Å². The zero-order chi connectivity index (χ0) is 14.1. The first-order valence-corrected chi connectivity index (χ1v) is 7.67. The molecular formula is C18H28O. The van der Waals surface area contributed by atoms with Gasteiger partial charge in [0.05, 0.1) is 0 Å². The molecule has 0 radical (unpaired) electrons. The van der Waals surface area contributed by atoms with E-state index in [0.717, 1.165) is 44.1 Å². The van der Waals surface area contributed by atoms with Crippen LogP contribution in [0.5, 0.6) is 0 Å². The van der Waals surface area contributed by atoms with Gasteiger partial charge in [-0.15, -0.1) is 0 Å². The molecule has 0 aliphatic heterocycles. The van der Waals surface area contributed by atoms with Crippen LogP contribution in [0, 0.1) is 0 Å². The zero-order valence-corrected chi connectivity index (χ0v) is 12.8. The Kier molecular flexibility index (Phi) is 7.47. The van der Waals surface area contributed by atoms with Crippen molar-refractivity contribution in [1.29, 1.82) is 0 Å². The third kappa shape index (κ3) is 6.04. The van der Waals surface area contributed by atoms with Gasteiger partial charge < -0.3 is 0 Å². The number of carbonyl (C=O) groups excluding carboxylic acids is 1. The number of carbonyl (C=O) groups is 1. The molecule has 1 aliphatic rings. The predicted molar refractivity (Wildman–Crippen MR) is 83.2 cm³/mol. The summed E-state index contributed by atoms with van der Waals surface area (Å²) in [6.45, 7) is 6.53. The molecule has 0 aromatic rings. The van der Waals surface area contributed by atoms with Crippen LogP contribution in [0.3, 0.4) is 0 Å². The minimum absolute atomic E-state index is 0.379. The van der Waals surface area contributed by atoms with Crippen LogP contribution in [0.1, 0.15) is 72.1 Å². The van der Waals surface area contributed by atoms with Gasteiger partial charge in [0.1, 0.15) is 0 Å². The minimum atomic E-state index is 0.379.